The standard InChI is InChI=1S/C50H34INOS/c1-30-22-23-32(28-42(30)36-13-4-3-12-34(36)31(2)35-17-11-18-40-38-15-6-9-20-46(38)53-48(35)40)33-24-25-45-43(29-33)37-14-5-8-19-44(37)52(45)50-49-41(26-27-51-50)39-16-7-10-21-47(39)54-49/h3-29,31H,1-2H3/t31-/m1/s1. The number of hydrogen-bond donors (Lipinski definition) is 0. The molecule has 0 N–H and O–H groups in total. The number of benzene rings is 7. The molecule has 0 fully saturated rings. The highest BCUT2D eigenvalue weighted by molar-refractivity contribution is 14.2. The number of halogens is 1. The average Bonchev–Trinajstić information content (AvgIpc) is 3.90. The van der Waals surface area contributed by atoms with Crippen molar-refractivity contribution in [1.82, 2.24) is 4.57 Å². The number of nitrogens with zero attached hydrogens (tertiary/aromatic N) is 1. The van der Waals surface area contributed by atoms with Crippen LogP contribution < -0.4 is 0 Å². The second kappa shape index (κ2) is 12.5. The quantitative estimate of drug-likeness (QED) is 0.158. The van der Waals surface area contributed by atoms with Gasteiger partial charge in [0.1, 0.15) is 11.2 Å². The highest BCUT2D eigenvalue weighted by Crippen LogP contribution is 2.43. The van der Waals surface area contributed by atoms with E-state index in [0.29, 0.717) is 0 Å². The van der Waals surface area contributed by atoms with Crippen molar-refractivity contribution in [1.29, 1.82) is 0 Å². The summed E-state index contributed by atoms with van der Waals surface area (Å²) in [4.78, 5) is 1.42. The fourth-order valence-electron chi connectivity index (χ4n) is 8.59. The van der Waals surface area contributed by atoms with Crippen molar-refractivity contribution in [2.75, 3.05) is 0 Å². The van der Waals surface area contributed by atoms with Crippen LogP contribution in [0.2, 0.25) is 0 Å². The Balaban J connectivity index is 1.03. The average molecular weight is 824 g/mol. The molecule has 258 valence electrons. The van der Waals surface area contributed by atoms with Crippen molar-refractivity contribution >= 4 is 95.6 Å². The van der Waals surface area contributed by atoms with Crippen LogP contribution >= 0.6 is 32.1 Å². The predicted octanol–water partition coefficient (Wildman–Crippen LogP) is 14.7. The first kappa shape index (κ1) is 31.9. The molecule has 54 heavy (non-hydrogen) atoms. The van der Waals surface area contributed by atoms with E-state index in [1.54, 1.807) is 0 Å². The molecule has 0 amide bonds. The van der Waals surface area contributed by atoms with E-state index in [4.69, 9.17) is 4.42 Å². The molecule has 0 aliphatic carbocycles. The summed E-state index contributed by atoms with van der Waals surface area (Å²) in [6, 6.07) is 55.7. The third kappa shape index (κ3) is 4.86. The SMILES string of the molecule is Cc1ccc(-c2ccc3c(c2)c2ccccc2n3C2=IC=Cc3c2sc2ccccc32)cc1-c1ccccc1[C@@H](C)c1cccc2c1oc1ccccc12. The summed E-state index contributed by atoms with van der Waals surface area (Å²) in [6.45, 7) is 4.55. The monoisotopic (exact) mass is 823 g/mol. The van der Waals surface area contributed by atoms with Crippen LogP contribution in [0.3, 0.4) is 0 Å². The van der Waals surface area contributed by atoms with Gasteiger partial charge in [-0.15, -0.1) is 11.3 Å². The molecular formula is C50H34INOS. The molecule has 0 saturated carbocycles. The summed E-state index contributed by atoms with van der Waals surface area (Å²) in [5.41, 5.74) is 14.6. The maximum atomic E-state index is 6.51. The molecule has 0 bridgehead atoms. The zero-order valence-corrected chi connectivity index (χ0v) is 32.8. The normalized spacial score (nSPS) is 13.5. The lowest BCUT2D eigenvalue weighted by atomic mass is 9.84. The maximum Gasteiger partial charge on any atom is 0.139 e. The third-order valence-electron chi connectivity index (χ3n) is 11.3. The van der Waals surface area contributed by atoms with Gasteiger partial charge in [-0.2, -0.15) is 0 Å². The minimum atomic E-state index is -0.306. The number of hydrogen-bond acceptors (Lipinski definition) is 2. The number of aromatic nitrogens is 1. The van der Waals surface area contributed by atoms with Gasteiger partial charge < -0.3 is 8.98 Å². The molecule has 7 aromatic carbocycles. The molecule has 1 aliphatic rings. The van der Waals surface area contributed by atoms with Crippen molar-refractivity contribution in [2.45, 2.75) is 19.8 Å². The molecule has 0 radical (unpaired) electrons. The molecule has 4 heterocycles. The Kier molecular flexibility index (Phi) is 7.39. The molecule has 10 aromatic rings. The first-order chi connectivity index (χ1) is 26.6. The first-order valence-electron chi connectivity index (χ1n) is 18.5. The summed E-state index contributed by atoms with van der Waals surface area (Å²) < 4.78 is 14.3. The lowest BCUT2D eigenvalue weighted by Gasteiger charge is -2.19. The number of para-hydroxylation sites is 3. The molecule has 0 saturated heterocycles. The van der Waals surface area contributed by atoms with Crippen molar-refractivity contribution < 1.29 is 4.42 Å². The number of rotatable bonds is 5. The Morgan fingerprint density at radius 2 is 1.30 bits per heavy atom. The van der Waals surface area contributed by atoms with E-state index in [9.17, 15) is 0 Å². The van der Waals surface area contributed by atoms with Crippen molar-refractivity contribution in [3.8, 4) is 22.3 Å². The molecule has 1 aliphatic heterocycles. The van der Waals surface area contributed by atoms with Crippen molar-refractivity contribution in [3.63, 3.8) is 0 Å². The van der Waals surface area contributed by atoms with Gasteiger partial charge in [-0.3, -0.25) is 0 Å². The van der Waals surface area contributed by atoms with Crippen molar-refractivity contribution in [3.05, 3.63) is 183 Å². The van der Waals surface area contributed by atoms with Crippen LogP contribution in [0.5, 0.6) is 0 Å². The van der Waals surface area contributed by atoms with Gasteiger partial charge in [-0.1, -0.05) is 143 Å². The predicted molar refractivity (Wildman–Crippen MR) is 241 cm³/mol. The molecule has 4 heteroatoms. The van der Waals surface area contributed by atoms with Gasteiger partial charge in [-0.05, 0) is 86.9 Å². The molecule has 0 spiro atoms. The molecule has 0 unspecified atom stereocenters. The van der Waals surface area contributed by atoms with Crippen LogP contribution in [-0.2, 0) is 0 Å². The molecule has 11 rings (SSSR count). The van der Waals surface area contributed by atoms with E-state index in [0.717, 1.165) is 11.2 Å². The minimum Gasteiger partial charge on any atom is -0.456 e. The van der Waals surface area contributed by atoms with Crippen LogP contribution in [0, 0.1) is 6.92 Å². The van der Waals surface area contributed by atoms with E-state index < -0.39 is 0 Å². The van der Waals surface area contributed by atoms with Gasteiger partial charge >= 0.3 is 0 Å². The largest absolute Gasteiger partial charge is 0.456 e. The number of aryl methyl sites for hydroxylation is 1. The highest BCUT2D eigenvalue weighted by atomic mass is 127. The second-order valence-electron chi connectivity index (χ2n) is 14.3. The van der Waals surface area contributed by atoms with E-state index in [1.165, 1.54) is 95.7 Å². The zero-order chi connectivity index (χ0) is 35.9. The Morgan fingerprint density at radius 3 is 2.22 bits per heavy atom. The fourth-order valence-corrected chi connectivity index (χ4v) is 12.6. The number of fused-ring (bicyclic) bond motifs is 9. The Bertz CT molecular complexity index is 3210. The summed E-state index contributed by atoms with van der Waals surface area (Å²) in [5, 5.41) is 6.29. The van der Waals surface area contributed by atoms with E-state index >= 15 is 0 Å². The van der Waals surface area contributed by atoms with Gasteiger partial charge in [0.25, 0.3) is 0 Å². The summed E-state index contributed by atoms with van der Waals surface area (Å²) in [5.74, 6) is 0.132. The number of furan rings is 1. The van der Waals surface area contributed by atoms with Crippen LogP contribution in [0.1, 0.15) is 40.0 Å². The van der Waals surface area contributed by atoms with E-state index in [1.807, 2.05) is 17.4 Å². The van der Waals surface area contributed by atoms with Crippen molar-refractivity contribution in [2.24, 2.45) is 0 Å². The Hall–Kier alpha value is -5.56. The van der Waals surface area contributed by atoms with E-state index in [2.05, 4.69) is 174 Å². The lowest BCUT2D eigenvalue weighted by molar-refractivity contribution is 0.659. The molecule has 2 nitrogen and oxygen atoms in total. The van der Waals surface area contributed by atoms with Crippen LogP contribution in [-0.4, -0.2) is 8.20 Å². The maximum absolute atomic E-state index is 6.51. The van der Waals surface area contributed by atoms with Gasteiger partial charge in [0.2, 0.25) is 0 Å². The summed E-state index contributed by atoms with van der Waals surface area (Å²) >= 11 is 1.63. The first-order valence-corrected chi connectivity index (χ1v) is 21.6. The summed E-state index contributed by atoms with van der Waals surface area (Å²) in [7, 11) is 0. The minimum absolute atomic E-state index is 0.132. The highest BCUT2D eigenvalue weighted by Gasteiger charge is 2.23. The third-order valence-corrected chi connectivity index (χ3v) is 15.2. The van der Waals surface area contributed by atoms with Crippen LogP contribution in [0.15, 0.2) is 160 Å². The molecular weight excluding hydrogens is 790 g/mol. The van der Waals surface area contributed by atoms with Gasteiger partial charge in [0.15, 0.2) is 0 Å². The Morgan fingerprint density at radius 1 is 0.593 bits per heavy atom. The van der Waals surface area contributed by atoms with Gasteiger partial charge in [0.05, 0.1) is 19.5 Å². The molecule has 1 atom stereocenters. The number of thiophene rings is 1. The Labute approximate surface area is 327 Å². The van der Waals surface area contributed by atoms with Gasteiger partial charge in [-0.25, -0.2) is 0 Å². The molecule has 3 aromatic heterocycles. The smallest absolute Gasteiger partial charge is 0.139 e. The second-order valence-corrected chi connectivity index (χ2v) is 17.7. The van der Waals surface area contributed by atoms with Gasteiger partial charge in [0, 0.05) is 48.7 Å². The lowest BCUT2D eigenvalue weighted by Crippen LogP contribution is -2.11. The zero-order valence-electron chi connectivity index (χ0n) is 29.8. The topological polar surface area (TPSA) is 18.1 Å². The van der Waals surface area contributed by atoms with E-state index in [-0.39, 0.29) is 26.6 Å². The summed E-state index contributed by atoms with van der Waals surface area (Å²) in [6.07, 6.45) is 2.37. The fraction of sp³-hybridized carbons (Fsp3) is 0.0600. The van der Waals surface area contributed by atoms with Crippen LogP contribution in [0.25, 0.3) is 82.2 Å². The van der Waals surface area contributed by atoms with Crippen LogP contribution in [0.4, 0.5) is 0 Å².